The molecule has 6 nitrogen and oxygen atoms in total. The zero-order chi connectivity index (χ0) is 22.8. The predicted molar refractivity (Wildman–Crippen MR) is 129 cm³/mol. The normalized spacial score (nSPS) is 10.7. The summed E-state index contributed by atoms with van der Waals surface area (Å²) in [5, 5.41) is 14.8. The average Bonchev–Trinajstić information content (AvgIpc) is 3.17. The predicted octanol–water partition coefficient (Wildman–Crippen LogP) is 7.25. The largest absolute Gasteiger partial charge is 0.298 e. The van der Waals surface area contributed by atoms with E-state index in [1.165, 1.54) is 29.5 Å². The van der Waals surface area contributed by atoms with E-state index in [2.05, 4.69) is 10.3 Å². The average molecular weight is 484 g/mol. The minimum absolute atomic E-state index is 0.000979. The maximum atomic E-state index is 12.8. The van der Waals surface area contributed by atoms with E-state index >= 15 is 0 Å². The van der Waals surface area contributed by atoms with Gasteiger partial charge in [0.15, 0.2) is 5.13 Å². The van der Waals surface area contributed by atoms with Crippen molar-refractivity contribution in [3.05, 3.63) is 98.0 Å². The van der Waals surface area contributed by atoms with E-state index in [0.29, 0.717) is 15.8 Å². The van der Waals surface area contributed by atoms with Crippen molar-refractivity contribution in [1.29, 1.82) is 0 Å². The molecular formula is C23H15Cl2N3O3S. The molecule has 0 aliphatic carbocycles. The Morgan fingerprint density at radius 3 is 2.28 bits per heavy atom. The van der Waals surface area contributed by atoms with Gasteiger partial charge in [-0.25, -0.2) is 4.98 Å². The van der Waals surface area contributed by atoms with E-state index in [4.69, 9.17) is 23.2 Å². The molecule has 1 N–H and O–H groups in total. The molecule has 3 aromatic carbocycles. The third-order valence-electron chi connectivity index (χ3n) is 4.69. The van der Waals surface area contributed by atoms with Crippen molar-refractivity contribution in [2.45, 2.75) is 6.92 Å². The molecule has 0 saturated carbocycles. The van der Waals surface area contributed by atoms with Crippen LogP contribution in [-0.2, 0) is 0 Å². The van der Waals surface area contributed by atoms with E-state index in [1.807, 2.05) is 31.2 Å². The molecule has 0 bridgehead atoms. The number of nitro groups is 1. The van der Waals surface area contributed by atoms with Crippen molar-refractivity contribution < 1.29 is 9.72 Å². The van der Waals surface area contributed by atoms with Crippen molar-refractivity contribution in [3.63, 3.8) is 0 Å². The van der Waals surface area contributed by atoms with E-state index in [0.717, 1.165) is 21.6 Å². The number of aromatic nitrogens is 1. The number of carbonyl (C=O) groups is 1. The quantitative estimate of drug-likeness (QED) is 0.239. The fourth-order valence-electron chi connectivity index (χ4n) is 3.05. The summed E-state index contributed by atoms with van der Waals surface area (Å²) in [7, 11) is 0. The van der Waals surface area contributed by atoms with E-state index in [1.54, 1.807) is 24.3 Å². The van der Waals surface area contributed by atoms with Gasteiger partial charge in [-0.05, 0) is 42.8 Å². The number of carbonyl (C=O) groups excluding carboxylic acids is 1. The van der Waals surface area contributed by atoms with Crippen LogP contribution in [0.3, 0.4) is 0 Å². The van der Waals surface area contributed by atoms with Gasteiger partial charge in [-0.2, -0.15) is 0 Å². The van der Waals surface area contributed by atoms with Gasteiger partial charge in [0, 0.05) is 22.7 Å². The second-order valence-electron chi connectivity index (χ2n) is 6.95. The van der Waals surface area contributed by atoms with Crippen LogP contribution in [-0.4, -0.2) is 15.8 Å². The molecule has 1 amide bonds. The maximum absolute atomic E-state index is 12.8. The van der Waals surface area contributed by atoms with Crippen LogP contribution in [0, 0.1) is 17.0 Å². The molecule has 0 aliphatic heterocycles. The molecule has 0 spiro atoms. The van der Waals surface area contributed by atoms with Crippen LogP contribution in [0.5, 0.6) is 0 Å². The van der Waals surface area contributed by atoms with Crippen LogP contribution in [0.25, 0.3) is 21.7 Å². The van der Waals surface area contributed by atoms with Crippen molar-refractivity contribution in [1.82, 2.24) is 4.98 Å². The molecule has 4 aromatic rings. The van der Waals surface area contributed by atoms with Crippen LogP contribution in [0.2, 0.25) is 10.0 Å². The summed E-state index contributed by atoms with van der Waals surface area (Å²) in [5.41, 5.74) is 3.67. The Bertz CT molecular complexity index is 1320. The number of halogens is 2. The number of rotatable bonds is 5. The molecule has 0 radical (unpaired) electrons. The summed E-state index contributed by atoms with van der Waals surface area (Å²) in [6.07, 6.45) is 0. The molecule has 9 heteroatoms. The molecular weight excluding hydrogens is 469 g/mol. The van der Waals surface area contributed by atoms with Gasteiger partial charge in [-0.3, -0.25) is 20.2 Å². The highest BCUT2D eigenvalue weighted by Gasteiger charge is 2.19. The highest BCUT2D eigenvalue weighted by atomic mass is 35.5. The molecule has 4 rings (SSSR count). The second kappa shape index (κ2) is 9.08. The zero-order valence-electron chi connectivity index (χ0n) is 16.6. The van der Waals surface area contributed by atoms with Gasteiger partial charge in [0.05, 0.1) is 26.1 Å². The molecule has 160 valence electrons. The number of hydrogen-bond donors (Lipinski definition) is 1. The number of non-ortho nitro benzene ring substituents is 1. The lowest BCUT2D eigenvalue weighted by atomic mass is 10.1. The van der Waals surface area contributed by atoms with E-state index in [9.17, 15) is 14.9 Å². The van der Waals surface area contributed by atoms with Crippen LogP contribution in [0.1, 0.15) is 15.9 Å². The van der Waals surface area contributed by atoms with Crippen LogP contribution in [0.4, 0.5) is 10.8 Å². The Labute approximate surface area is 197 Å². The highest BCUT2D eigenvalue weighted by Crippen LogP contribution is 2.40. The Balaban J connectivity index is 1.74. The Morgan fingerprint density at radius 1 is 1.00 bits per heavy atom. The number of hydrogen-bond acceptors (Lipinski definition) is 5. The summed E-state index contributed by atoms with van der Waals surface area (Å²) < 4.78 is 0. The summed E-state index contributed by atoms with van der Waals surface area (Å²) >= 11 is 13.3. The lowest BCUT2D eigenvalue weighted by molar-refractivity contribution is -0.384. The molecule has 0 fully saturated rings. The van der Waals surface area contributed by atoms with E-state index in [-0.39, 0.29) is 16.3 Å². The smallest absolute Gasteiger partial charge is 0.269 e. The summed E-state index contributed by atoms with van der Waals surface area (Å²) in [5.74, 6) is -0.411. The molecule has 1 heterocycles. The SMILES string of the molecule is Cc1ccc(-c2nc(NC(=O)c3ccc(Cl)cc3Cl)sc2-c2ccc([N+](=O)[O-])cc2)cc1. The third-order valence-corrected chi connectivity index (χ3v) is 6.26. The lowest BCUT2D eigenvalue weighted by Crippen LogP contribution is -2.12. The molecule has 0 aliphatic rings. The highest BCUT2D eigenvalue weighted by molar-refractivity contribution is 7.19. The first kappa shape index (κ1) is 22.0. The number of nitrogens with zero attached hydrogens (tertiary/aromatic N) is 2. The van der Waals surface area contributed by atoms with Gasteiger partial charge < -0.3 is 0 Å². The Kier molecular flexibility index (Phi) is 6.23. The van der Waals surface area contributed by atoms with E-state index < -0.39 is 10.8 Å². The van der Waals surface area contributed by atoms with Crippen LogP contribution < -0.4 is 5.32 Å². The van der Waals surface area contributed by atoms with Gasteiger partial charge in [0.1, 0.15) is 0 Å². The van der Waals surface area contributed by atoms with Crippen LogP contribution in [0.15, 0.2) is 66.7 Å². The number of amides is 1. The van der Waals surface area contributed by atoms with Gasteiger partial charge >= 0.3 is 0 Å². The first-order valence-corrected chi connectivity index (χ1v) is 11.0. The monoisotopic (exact) mass is 483 g/mol. The maximum Gasteiger partial charge on any atom is 0.269 e. The second-order valence-corrected chi connectivity index (χ2v) is 8.79. The molecule has 1 aromatic heterocycles. The van der Waals surface area contributed by atoms with Crippen molar-refractivity contribution in [2.75, 3.05) is 5.32 Å². The number of anilines is 1. The minimum atomic E-state index is -0.446. The number of nitrogens with one attached hydrogen (secondary N) is 1. The lowest BCUT2D eigenvalue weighted by Gasteiger charge is -2.04. The Morgan fingerprint density at radius 2 is 1.66 bits per heavy atom. The summed E-state index contributed by atoms with van der Waals surface area (Å²) in [4.78, 5) is 28.7. The molecule has 0 saturated heterocycles. The van der Waals surface area contributed by atoms with Gasteiger partial charge in [-0.15, -0.1) is 0 Å². The molecule has 0 atom stereocenters. The number of benzene rings is 3. The molecule has 32 heavy (non-hydrogen) atoms. The van der Waals surface area contributed by atoms with Crippen LogP contribution >= 0.6 is 34.5 Å². The zero-order valence-corrected chi connectivity index (χ0v) is 19.0. The fraction of sp³-hybridized carbons (Fsp3) is 0.0435. The van der Waals surface area contributed by atoms with Crippen molar-refractivity contribution in [3.8, 4) is 21.7 Å². The fourth-order valence-corrected chi connectivity index (χ4v) is 4.53. The topological polar surface area (TPSA) is 85.1 Å². The molecule has 0 unspecified atom stereocenters. The number of thiazole rings is 1. The standard InChI is InChI=1S/C23H15Cl2N3O3S/c1-13-2-4-14(5-3-13)20-21(15-6-9-17(10-7-15)28(30)31)32-23(26-20)27-22(29)18-11-8-16(24)12-19(18)25/h2-12H,1H3,(H,26,27,29). The van der Waals surface area contributed by atoms with Crippen molar-refractivity contribution >= 4 is 51.3 Å². The first-order valence-electron chi connectivity index (χ1n) is 9.41. The van der Waals surface area contributed by atoms with Gasteiger partial charge in [0.25, 0.3) is 11.6 Å². The van der Waals surface area contributed by atoms with Gasteiger partial charge in [-0.1, -0.05) is 64.4 Å². The summed E-state index contributed by atoms with van der Waals surface area (Å²) in [6, 6.07) is 18.7. The Hall–Kier alpha value is -3.26. The van der Waals surface area contributed by atoms with Crippen molar-refractivity contribution in [2.24, 2.45) is 0 Å². The number of aryl methyl sites for hydroxylation is 1. The minimum Gasteiger partial charge on any atom is -0.298 e. The first-order chi connectivity index (χ1) is 15.3. The van der Waals surface area contributed by atoms with Gasteiger partial charge in [0.2, 0.25) is 0 Å². The third kappa shape index (κ3) is 4.65. The number of nitro benzene ring substituents is 1. The summed E-state index contributed by atoms with van der Waals surface area (Å²) in [6.45, 7) is 1.99.